The number of nitrogens with two attached hydrogens (primary N) is 1. The fraction of sp³-hybridized carbons (Fsp3) is 0.875. The lowest BCUT2D eigenvalue weighted by Gasteiger charge is -2.59. The minimum atomic E-state index is -0.129. The highest BCUT2D eigenvalue weighted by molar-refractivity contribution is 5.43. The van der Waals surface area contributed by atoms with Gasteiger partial charge in [-0.1, -0.05) is 0 Å². The lowest BCUT2D eigenvalue weighted by atomic mass is 9.74. The fourth-order valence-electron chi connectivity index (χ4n) is 6.67. The van der Waals surface area contributed by atoms with E-state index in [9.17, 15) is 0 Å². The van der Waals surface area contributed by atoms with Gasteiger partial charge in [0, 0.05) is 31.7 Å². The maximum atomic E-state index is 6.49. The summed E-state index contributed by atoms with van der Waals surface area (Å²) in [5.41, 5.74) is 6.23. The summed E-state index contributed by atoms with van der Waals surface area (Å²) in [7, 11) is 6.20. The Bertz CT molecular complexity index is 810. The third kappa shape index (κ3) is 3.30. The van der Waals surface area contributed by atoms with Crippen molar-refractivity contribution in [1.82, 2.24) is 23.9 Å². The molecule has 0 aliphatic carbocycles. The minimum Gasteiger partial charge on any atom is -0.466 e. The number of methoxy groups -OCH3 is 1. The number of quaternary nitrogens is 2. The van der Waals surface area contributed by atoms with E-state index in [1.165, 1.54) is 6.42 Å². The zero-order chi connectivity index (χ0) is 23.7. The summed E-state index contributed by atoms with van der Waals surface area (Å²) >= 11 is 0. The SMILES string of the molecule is COc1nc([N+]2(C)C(C)(C)CCCC2(C)C)nc([N+]2(C)C(C)(C)CC(N)CC2(C)C)n1. The summed E-state index contributed by atoms with van der Waals surface area (Å²) in [5.74, 6) is 1.58. The van der Waals surface area contributed by atoms with E-state index in [-0.39, 0.29) is 28.2 Å². The molecule has 7 heteroatoms. The Hall–Kier alpha value is -1.31. The van der Waals surface area contributed by atoms with E-state index in [0.29, 0.717) is 15.0 Å². The van der Waals surface area contributed by atoms with Gasteiger partial charge in [-0.05, 0) is 61.8 Å². The van der Waals surface area contributed by atoms with Gasteiger partial charge in [-0.15, -0.1) is 15.0 Å². The van der Waals surface area contributed by atoms with Crippen LogP contribution in [-0.2, 0) is 0 Å². The number of rotatable bonds is 3. The van der Waals surface area contributed by atoms with Gasteiger partial charge >= 0.3 is 17.9 Å². The third-order valence-corrected chi connectivity index (χ3v) is 9.52. The van der Waals surface area contributed by atoms with Gasteiger partial charge in [0.1, 0.15) is 22.2 Å². The van der Waals surface area contributed by atoms with E-state index in [1.807, 2.05) is 0 Å². The van der Waals surface area contributed by atoms with Gasteiger partial charge in [-0.2, -0.15) is 0 Å². The molecule has 2 aliphatic heterocycles. The van der Waals surface area contributed by atoms with Crippen LogP contribution in [0.5, 0.6) is 6.01 Å². The zero-order valence-electron chi connectivity index (χ0n) is 21.8. The Kier molecular flexibility index (Phi) is 5.57. The number of hydrogen-bond donors (Lipinski definition) is 1. The molecule has 0 saturated carbocycles. The lowest BCUT2D eigenvalue weighted by Crippen LogP contribution is -2.76. The maximum Gasteiger partial charge on any atom is 0.340 e. The van der Waals surface area contributed by atoms with Crippen LogP contribution < -0.4 is 19.4 Å². The molecule has 7 nitrogen and oxygen atoms in total. The van der Waals surface area contributed by atoms with Crippen molar-refractivity contribution in [3.05, 3.63) is 0 Å². The summed E-state index contributed by atoms with van der Waals surface area (Å²) in [6.45, 7) is 18.5. The number of likely N-dealkylation sites (tertiary alicyclic amines) is 2. The van der Waals surface area contributed by atoms with Crippen LogP contribution in [-0.4, -0.2) is 64.4 Å². The second-order valence-electron chi connectivity index (χ2n) is 12.7. The fourth-order valence-corrected chi connectivity index (χ4v) is 6.67. The number of nitrogens with zero attached hydrogens (tertiary/aromatic N) is 5. The molecule has 2 fully saturated rings. The second-order valence-corrected chi connectivity index (χ2v) is 12.7. The predicted molar refractivity (Wildman–Crippen MR) is 129 cm³/mol. The van der Waals surface area contributed by atoms with Crippen molar-refractivity contribution < 1.29 is 4.74 Å². The molecule has 2 aliphatic rings. The van der Waals surface area contributed by atoms with Crippen LogP contribution in [0.25, 0.3) is 0 Å². The van der Waals surface area contributed by atoms with Crippen molar-refractivity contribution >= 4 is 11.9 Å². The Morgan fingerprint density at radius 1 is 0.742 bits per heavy atom. The molecule has 0 radical (unpaired) electrons. The van der Waals surface area contributed by atoms with Gasteiger partial charge in [-0.25, -0.2) is 0 Å². The summed E-state index contributed by atoms with van der Waals surface area (Å²) < 4.78 is 6.91. The van der Waals surface area contributed by atoms with Crippen LogP contribution in [0.1, 0.15) is 87.5 Å². The number of hydrogen-bond acceptors (Lipinski definition) is 5. The van der Waals surface area contributed by atoms with Gasteiger partial charge in [0.25, 0.3) is 0 Å². The van der Waals surface area contributed by atoms with E-state index in [0.717, 1.165) is 37.6 Å². The molecule has 0 spiro atoms. The molecular weight excluding hydrogens is 388 g/mol. The molecule has 0 unspecified atom stereocenters. The predicted octanol–water partition coefficient (Wildman–Crippen LogP) is 4.17. The quantitative estimate of drug-likeness (QED) is 0.723. The van der Waals surface area contributed by atoms with Crippen molar-refractivity contribution in [2.45, 2.75) is 116 Å². The molecular formula is C24H46N6O+2. The molecule has 3 rings (SSSR count). The van der Waals surface area contributed by atoms with Crippen LogP contribution in [0.3, 0.4) is 0 Å². The first-order chi connectivity index (χ1) is 14.0. The normalized spacial score (nSPS) is 33.0. The summed E-state index contributed by atoms with van der Waals surface area (Å²) in [6.07, 6.45) is 5.32. The number of ether oxygens (including phenoxy) is 1. The molecule has 2 N–H and O–H groups in total. The topological polar surface area (TPSA) is 73.9 Å². The van der Waals surface area contributed by atoms with Gasteiger partial charge in [0.2, 0.25) is 0 Å². The minimum absolute atomic E-state index is 0.000750. The van der Waals surface area contributed by atoms with E-state index in [4.69, 9.17) is 25.4 Å². The molecule has 0 atom stereocenters. The summed E-state index contributed by atoms with van der Waals surface area (Å²) in [4.78, 5) is 15.0. The first-order valence-corrected chi connectivity index (χ1v) is 11.8. The van der Waals surface area contributed by atoms with E-state index < -0.39 is 0 Å². The van der Waals surface area contributed by atoms with Crippen molar-refractivity contribution in [2.24, 2.45) is 5.73 Å². The van der Waals surface area contributed by atoms with Gasteiger partial charge < -0.3 is 10.5 Å². The van der Waals surface area contributed by atoms with Gasteiger partial charge in [0.05, 0.1) is 21.2 Å². The molecule has 176 valence electrons. The van der Waals surface area contributed by atoms with Crippen molar-refractivity contribution in [3.63, 3.8) is 0 Å². The Balaban J connectivity index is 2.29. The highest BCUT2D eigenvalue weighted by Gasteiger charge is 2.61. The van der Waals surface area contributed by atoms with Gasteiger partial charge in [-0.3, -0.25) is 8.97 Å². The van der Waals surface area contributed by atoms with E-state index >= 15 is 0 Å². The standard InChI is InChI=1S/C24H46N6O/c1-21(2)13-12-14-22(3,4)29(21,9)18-26-19(28-20(27-18)31-11)30(10)23(5,6)15-17(25)16-24(30,7)8/h17H,12-16,25H2,1-11H3/q+2. The van der Waals surface area contributed by atoms with Crippen molar-refractivity contribution in [3.8, 4) is 6.01 Å². The lowest BCUT2D eigenvalue weighted by molar-refractivity contribution is -0.0163. The van der Waals surface area contributed by atoms with Crippen LogP contribution >= 0.6 is 0 Å². The van der Waals surface area contributed by atoms with Crippen molar-refractivity contribution in [1.29, 1.82) is 0 Å². The number of aromatic nitrogens is 3. The molecule has 1 aromatic rings. The molecule has 2 saturated heterocycles. The Labute approximate surface area is 189 Å². The third-order valence-electron chi connectivity index (χ3n) is 9.52. The van der Waals surface area contributed by atoms with Crippen molar-refractivity contribution in [2.75, 3.05) is 21.2 Å². The zero-order valence-corrected chi connectivity index (χ0v) is 21.8. The van der Waals surface area contributed by atoms with E-state index in [2.05, 4.69) is 69.5 Å². The first-order valence-electron chi connectivity index (χ1n) is 11.8. The molecule has 1 aromatic heterocycles. The highest BCUT2D eigenvalue weighted by atomic mass is 16.5. The molecule has 31 heavy (non-hydrogen) atoms. The van der Waals surface area contributed by atoms with E-state index in [1.54, 1.807) is 7.11 Å². The summed E-state index contributed by atoms with van der Waals surface area (Å²) in [6, 6.07) is 0.571. The number of piperidine rings is 2. The van der Waals surface area contributed by atoms with Crippen LogP contribution in [0.4, 0.5) is 11.9 Å². The Morgan fingerprint density at radius 2 is 1.13 bits per heavy atom. The first kappa shape index (κ1) is 24.3. The Morgan fingerprint density at radius 3 is 1.52 bits per heavy atom. The molecule has 0 aromatic carbocycles. The molecule has 0 bridgehead atoms. The second kappa shape index (κ2) is 7.09. The highest BCUT2D eigenvalue weighted by Crippen LogP contribution is 2.50. The van der Waals surface area contributed by atoms with Gasteiger partial charge in [0.15, 0.2) is 0 Å². The largest absolute Gasteiger partial charge is 0.466 e. The van der Waals surface area contributed by atoms with Crippen LogP contribution in [0.15, 0.2) is 0 Å². The molecule has 0 amide bonds. The van der Waals surface area contributed by atoms with Crippen LogP contribution in [0, 0.1) is 0 Å². The average molecular weight is 435 g/mol. The molecule has 3 heterocycles. The monoisotopic (exact) mass is 434 g/mol. The van der Waals surface area contributed by atoms with Crippen LogP contribution in [0.2, 0.25) is 0 Å². The summed E-state index contributed by atoms with van der Waals surface area (Å²) in [5, 5.41) is 0. The maximum absolute atomic E-state index is 6.49. The smallest absolute Gasteiger partial charge is 0.340 e. The average Bonchev–Trinajstić information content (AvgIpc) is 2.62.